The maximum Gasteiger partial charge on any atom is 0.355 e. The molecule has 10 heteroatoms. The maximum atomic E-state index is 14.0. The van der Waals surface area contributed by atoms with Gasteiger partial charge in [0.1, 0.15) is 11.0 Å². The van der Waals surface area contributed by atoms with E-state index < -0.39 is 22.9 Å². The molecule has 0 radical (unpaired) electrons. The van der Waals surface area contributed by atoms with E-state index in [2.05, 4.69) is 5.32 Å². The minimum atomic E-state index is -3.67. The first-order valence-corrected chi connectivity index (χ1v) is 14.1. The number of nitrogens with zero attached hydrogens (tertiary/aromatic N) is 1. The summed E-state index contributed by atoms with van der Waals surface area (Å²) in [5.41, 5.74) is 1.69. The summed E-state index contributed by atoms with van der Waals surface area (Å²) < 4.78 is 58.6. The van der Waals surface area contributed by atoms with Crippen LogP contribution in [0.5, 0.6) is 5.75 Å². The van der Waals surface area contributed by atoms with E-state index in [1.54, 1.807) is 51.3 Å². The van der Waals surface area contributed by atoms with E-state index in [9.17, 15) is 13.0 Å². The van der Waals surface area contributed by atoms with Crippen LogP contribution in [0.3, 0.4) is 0 Å². The number of anilines is 1. The molecule has 0 amide bonds. The number of hydrogen-bond donors (Lipinski definition) is 1. The van der Waals surface area contributed by atoms with E-state index in [1.165, 1.54) is 4.31 Å². The standard InChI is InChI=1S/C23H33N2O6PS/c1-5-30-32(26,31-6-2)23(24-20-8-7-9-21(18-20)29-4)14-16-25(17-15-23)33(27,28)22-12-10-19(3)11-13-22/h7-13,18,24H,5-6,14-17H2,1-4H3. The largest absolute Gasteiger partial charge is 0.497 e. The minimum Gasteiger partial charge on any atom is -0.497 e. The molecule has 3 rings (SSSR count). The molecule has 0 aromatic heterocycles. The summed E-state index contributed by atoms with van der Waals surface area (Å²) in [4.78, 5) is 0.249. The lowest BCUT2D eigenvalue weighted by Crippen LogP contribution is -2.51. The smallest absolute Gasteiger partial charge is 0.355 e. The Hall–Kier alpha value is -1.90. The van der Waals surface area contributed by atoms with Crippen LogP contribution in [-0.4, -0.2) is 51.4 Å². The van der Waals surface area contributed by atoms with Crippen LogP contribution in [0.25, 0.3) is 0 Å². The van der Waals surface area contributed by atoms with Gasteiger partial charge in [0.25, 0.3) is 0 Å². The van der Waals surface area contributed by atoms with Crippen LogP contribution in [0.4, 0.5) is 5.69 Å². The molecule has 2 aromatic rings. The number of hydrogen-bond acceptors (Lipinski definition) is 7. The molecule has 0 atom stereocenters. The molecule has 1 fully saturated rings. The monoisotopic (exact) mass is 496 g/mol. The molecule has 8 nitrogen and oxygen atoms in total. The molecule has 33 heavy (non-hydrogen) atoms. The van der Waals surface area contributed by atoms with Crippen LogP contribution >= 0.6 is 7.60 Å². The molecule has 1 aliphatic heterocycles. The fraction of sp³-hybridized carbons (Fsp3) is 0.478. The van der Waals surface area contributed by atoms with E-state index in [-0.39, 0.29) is 44.0 Å². The molecule has 0 bridgehead atoms. The highest BCUT2D eigenvalue weighted by Crippen LogP contribution is 2.64. The Bertz CT molecular complexity index is 1070. The zero-order valence-corrected chi connectivity index (χ0v) is 21.3. The van der Waals surface area contributed by atoms with E-state index in [0.717, 1.165) is 5.56 Å². The average molecular weight is 497 g/mol. The quantitative estimate of drug-likeness (QED) is 0.469. The number of nitrogens with one attached hydrogen (secondary N) is 1. The summed E-state index contributed by atoms with van der Waals surface area (Å²) in [5.74, 6) is 0.650. The van der Waals surface area contributed by atoms with Crippen LogP contribution in [0.2, 0.25) is 0 Å². The molecular formula is C23H33N2O6PS. The van der Waals surface area contributed by atoms with Gasteiger partial charge in [-0.1, -0.05) is 23.8 Å². The van der Waals surface area contributed by atoms with Gasteiger partial charge < -0.3 is 19.1 Å². The van der Waals surface area contributed by atoms with Gasteiger partial charge in [-0.15, -0.1) is 0 Å². The van der Waals surface area contributed by atoms with Gasteiger partial charge in [0.2, 0.25) is 10.0 Å². The van der Waals surface area contributed by atoms with Crippen molar-refractivity contribution in [1.29, 1.82) is 0 Å². The first-order chi connectivity index (χ1) is 15.7. The SMILES string of the molecule is CCOP(=O)(OCC)C1(Nc2cccc(OC)c2)CCN(S(=O)(=O)c2ccc(C)cc2)CC1. The molecule has 1 heterocycles. The molecule has 2 aromatic carbocycles. The number of methoxy groups -OCH3 is 1. The summed E-state index contributed by atoms with van der Waals surface area (Å²) in [6.07, 6.45) is 0.513. The molecule has 0 aliphatic carbocycles. The molecule has 0 saturated carbocycles. The van der Waals surface area contributed by atoms with E-state index >= 15 is 0 Å². The predicted molar refractivity (Wildman–Crippen MR) is 129 cm³/mol. The molecule has 1 N–H and O–H groups in total. The van der Waals surface area contributed by atoms with Gasteiger partial charge in [0, 0.05) is 24.8 Å². The minimum absolute atomic E-state index is 0.178. The number of rotatable bonds is 10. The summed E-state index contributed by atoms with van der Waals surface area (Å²) in [6.45, 7) is 6.22. The second-order valence-corrected chi connectivity index (χ2v) is 12.2. The van der Waals surface area contributed by atoms with Crippen molar-refractivity contribution in [2.75, 3.05) is 38.7 Å². The number of ether oxygens (including phenoxy) is 1. The Kier molecular flexibility index (Phi) is 8.24. The fourth-order valence-electron chi connectivity index (χ4n) is 4.02. The van der Waals surface area contributed by atoms with Crippen LogP contribution in [0.15, 0.2) is 53.4 Å². The van der Waals surface area contributed by atoms with E-state index in [0.29, 0.717) is 11.4 Å². The molecule has 1 saturated heterocycles. The van der Waals surface area contributed by atoms with E-state index in [4.69, 9.17) is 13.8 Å². The van der Waals surface area contributed by atoms with Crippen LogP contribution in [-0.2, 0) is 23.6 Å². The van der Waals surface area contributed by atoms with Gasteiger partial charge in [0.05, 0.1) is 25.2 Å². The van der Waals surface area contributed by atoms with E-state index in [1.807, 2.05) is 25.1 Å². The zero-order valence-electron chi connectivity index (χ0n) is 19.6. The van der Waals surface area contributed by atoms with Gasteiger partial charge >= 0.3 is 7.60 Å². The van der Waals surface area contributed by atoms with Gasteiger partial charge in [-0.25, -0.2) is 8.42 Å². The molecular weight excluding hydrogens is 463 g/mol. The van der Waals surface area contributed by atoms with Crippen molar-refractivity contribution in [2.24, 2.45) is 0 Å². The second-order valence-electron chi connectivity index (χ2n) is 7.94. The third kappa shape index (κ3) is 5.44. The maximum absolute atomic E-state index is 14.0. The van der Waals surface area contributed by atoms with Crippen LogP contribution < -0.4 is 10.1 Å². The highest BCUT2D eigenvalue weighted by molar-refractivity contribution is 7.89. The normalized spacial score (nSPS) is 17.0. The topological polar surface area (TPSA) is 94.2 Å². The molecule has 0 spiro atoms. The number of aryl methyl sites for hydroxylation is 1. The Balaban J connectivity index is 1.93. The highest BCUT2D eigenvalue weighted by Gasteiger charge is 2.53. The van der Waals surface area contributed by atoms with Gasteiger partial charge in [-0.3, -0.25) is 4.57 Å². The Morgan fingerprint density at radius 3 is 2.18 bits per heavy atom. The van der Waals surface area contributed by atoms with Gasteiger partial charge in [-0.05, 0) is 57.9 Å². The Labute approximate surface area is 196 Å². The fourth-order valence-corrected chi connectivity index (χ4v) is 7.72. The van der Waals surface area contributed by atoms with Gasteiger partial charge in [0.15, 0.2) is 0 Å². The molecule has 0 unspecified atom stereocenters. The third-order valence-corrected chi connectivity index (χ3v) is 10.5. The first-order valence-electron chi connectivity index (χ1n) is 11.1. The van der Waals surface area contributed by atoms with Crippen molar-refractivity contribution in [3.8, 4) is 5.75 Å². The van der Waals surface area contributed by atoms with Crippen molar-refractivity contribution in [3.05, 3.63) is 54.1 Å². The van der Waals surface area contributed by atoms with Crippen LogP contribution in [0, 0.1) is 6.92 Å². The summed E-state index contributed by atoms with van der Waals surface area (Å²) in [6, 6.07) is 14.1. The third-order valence-electron chi connectivity index (χ3n) is 5.78. The van der Waals surface area contributed by atoms with Gasteiger partial charge in [-0.2, -0.15) is 4.31 Å². The van der Waals surface area contributed by atoms with Crippen molar-refractivity contribution >= 4 is 23.3 Å². The summed E-state index contributed by atoms with van der Waals surface area (Å²) >= 11 is 0. The van der Waals surface area contributed by atoms with Crippen molar-refractivity contribution in [1.82, 2.24) is 4.31 Å². The Morgan fingerprint density at radius 2 is 1.64 bits per heavy atom. The average Bonchev–Trinajstić information content (AvgIpc) is 2.80. The highest BCUT2D eigenvalue weighted by atomic mass is 32.2. The lowest BCUT2D eigenvalue weighted by Gasteiger charge is -2.45. The lowest BCUT2D eigenvalue weighted by molar-refractivity contribution is 0.179. The number of piperidine rings is 1. The number of benzene rings is 2. The van der Waals surface area contributed by atoms with Crippen LogP contribution in [0.1, 0.15) is 32.3 Å². The first kappa shape index (κ1) is 25.7. The predicted octanol–water partition coefficient (Wildman–Crippen LogP) is 4.86. The van der Waals surface area contributed by atoms with Crippen molar-refractivity contribution in [3.63, 3.8) is 0 Å². The Morgan fingerprint density at radius 1 is 1.03 bits per heavy atom. The number of sulfonamides is 1. The lowest BCUT2D eigenvalue weighted by atomic mass is 10.1. The second kappa shape index (κ2) is 10.6. The molecule has 182 valence electrons. The van der Waals surface area contributed by atoms with Crippen molar-refractivity contribution in [2.45, 2.75) is 43.8 Å². The molecule has 1 aliphatic rings. The summed E-state index contributed by atoms with van der Waals surface area (Å²) in [7, 11) is -5.74. The zero-order chi connectivity index (χ0) is 24.1. The van der Waals surface area contributed by atoms with Crippen molar-refractivity contribution < 1.29 is 26.8 Å². The summed E-state index contributed by atoms with van der Waals surface area (Å²) in [5, 5.41) is 2.31.